The number of benzene rings is 1. The van der Waals surface area contributed by atoms with Crippen molar-refractivity contribution >= 4 is 29.4 Å². The van der Waals surface area contributed by atoms with Crippen molar-refractivity contribution < 1.29 is 4.79 Å². The van der Waals surface area contributed by atoms with E-state index in [0.717, 1.165) is 24.4 Å². The summed E-state index contributed by atoms with van der Waals surface area (Å²) in [7, 11) is 0. The molecule has 0 unspecified atom stereocenters. The van der Waals surface area contributed by atoms with Gasteiger partial charge in [-0.3, -0.25) is 4.79 Å². The Kier molecular flexibility index (Phi) is 5.68. The molecule has 24 heavy (non-hydrogen) atoms. The summed E-state index contributed by atoms with van der Waals surface area (Å²) in [5, 5.41) is 11.7. The molecule has 8 heteroatoms. The lowest BCUT2D eigenvalue weighted by atomic mass is 10.2. The van der Waals surface area contributed by atoms with Crippen LogP contribution in [0.2, 0.25) is 0 Å². The number of thioether (sulfide) groups is 2. The second-order valence-electron chi connectivity index (χ2n) is 5.79. The largest absolute Gasteiger partial charge is 0.355 e. The van der Waals surface area contributed by atoms with E-state index in [0.29, 0.717) is 23.4 Å². The SMILES string of the molecule is Cc1ccc(SCCNC(=O)CSc2nnc(C3CC3)n2N)cc1. The van der Waals surface area contributed by atoms with Crippen LogP contribution in [0.15, 0.2) is 34.3 Å². The van der Waals surface area contributed by atoms with Gasteiger partial charge < -0.3 is 11.2 Å². The average Bonchev–Trinajstić information content (AvgIpc) is 3.35. The van der Waals surface area contributed by atoms with Crippen molar-refractivity contribution in [2.45, 2.75) is 35.7 Å². The number of nitrogens with two attached hydrogens (primary N) is 1. The van der Waals surface area contributed by atoms with Gasteiger partial charge >= 0.3 is 0 Å². The molecular formula is C16H21N5OS2. The second-order valence-corrected chi connectivity index (χ2v) is 7.90. The molecule has 3 N–H and O–H groups in total. The van der Waals surface area contributed by atoms with E-state index >= 15 is 0 Å². The van der Waals surface area contributed by atoms with Crippen molar-refractivity contribution in [2.75, 3.05) is 23.9 Å². The summed E-state index contributed by atoms with van der Waals surface area (Å²) in [6.45, 7) is 2.71. The lowest BCUT2D eigenvalue weighted by Gasteiger charge is -2.06. The minimum atomic E-state index is -0.0134. The summed E-state index contributed by atoms with van der Waals surface area (Å²) >= 11 is 3.06. The predicted octanol–water partition coefficient (Wildman–Crippen LogP) is 2.18. The summed E-state index contributed by atoms with van der Waals surface area (Å²) in [6, 6.07) is 8.39. The van der Waals surface area contributed by atoms with E-state index in [1.807, 2.05) is 0 Å². The number of amides is 1. The van der Waals surface area contributed by atoms with Gasteiger partial charge in [-0.05, 0) is 31.9 Å². The zero-order chi connectivity index (χ0) is 16.9. The van der Waals surface area contributed by atoms with Crippen LogP contribution in [0.4, 0.5) is 0 Å². The maximum atomic E-state index is 11.9. The number of carbonyl (C=O) groups excluding carboxylic acids is 1. The van der Waals surface area contributed by atoms with Gasteiger partial charge in [-0.15, -0.1) is 22.0 Å². The van der Waals surface area contributed by atoms with Crippen molar-refractivity contribution in [3.8, 4) is 0 Å². The lowest BCUT2D eigenvalue weighted by Crippen LogP contribution is -2.27. The van der Waals surface area contributed by atoms with E-state index in [-0.39, 0.29) is 5.91 Å². The summed E-state index contributed by atoms with van der Waals surface area (Å²) in [5.41, 5.74) is 1.25. The molecule has 3 rings (SSSR count). The van der Waals surface area contributed by atoms with E-state index in [1.165, 1.54) is 26.9 Å². The van der Waals surface area contributed by atoms with E-state index in [1.54, 1.807) is 11.8 Å². The van der Waals surface area contributed by atoms with Crippen LogP contribution in [-0.4, -0.2) is 38.8 Å². The number of aryl methyl sites for hydroxylation is 1. The van der Waals surface area contributed by atoms with Gasteiger partial charge in [0.1, 0.15) is 0 Å². The van der Waals surface area contributed by atoms with Gasteiger partial charge in [0.2, 0.25) is 11.1 Å². The van der Waals surface area contributed by atoms with E-state index in [9.17, 15) is 4.79 Å². The fourth-order valence-corrected chi connectivity index (χ4v) is 3.64. The first-order valence-corrected chi connectivity index (χ1v) is 9.90. The van der Waals surface area contributed by atoms with Crippen LogP contribution >= 0.6 is 23.5 Å². The molecule has 1 saturated carbocycles. The normalized spacial score (nSPS) is 13.9. The molecule has 1 amide bonds. The van der Waals surface area contributed by atoms with Crippen molar-refractivity contribution in [3.63, 3.8) is 0 Å². The Morgan fingerprint density at radius 1 is 1.29 bits per heavy atom. The zero-order valence-electron chi connectivity index (χ0n) is 13.6. The van der Waals surface area contributed by atoms with Crippen molar-refractivity contribution in [2.24, 2.45) is 0 Å². The molecule has 128 valence electrons. The highest BCUT2D eigenvalue weighted by atomic mass is 32.2. The number of nitrogen functional groups attached to an aromatic ring is 1. The number of aromatic nitrogens is 3. The number of rotatable bonds is 8. The molecule has 0 atom stereocenters. The zero-order valence-corrected chi connectivity index (χ0v) is 15.2. The summed E-state index contributed by atoms with van der Waals surface area (Å²) in [4.78, 5) is 13.1. The third kappa shape index (κ3) is 4.67. The van der Waals surface area contributed by atoms with Crippen molar-refractivity contribution in [1.82, 2.24) is 20.2 Å². The first-order valence-electron chi connectivity index (χ1n) is 7.93. The smallest absolute Gasteiger partial charge is 0.230 e. The Bertz CT molecular complexity index is 697. The molecule has 6 nitrogen and oxygen atoms in total. The van der Waals surface area contributed by atoms with E-state index < -0.39 is 0 Å². The molecule has 2 aromatic rings. The van der Waals surface area contributed by atoms with Crippen LogP contribution in [0.5, 0.6) is 0 Å². The number of nitrogens with zero attached hydrogens (tertiary/aromatic N) is 3. The minimum Gasteiger partial charge on any atom is -0.355 e. The van der Waals surface area contributed by atoms with Crippen LogP contribution in [0, 0.1) is 6.92 Å². The standard InChI is InChI=1S/C16H21N5OS2/c1-11-2-6-13(7-3-11)23-9-8-18-14(22)10-24-16-20-19-15(21(16)17)12-4-5-12/h2-3,6-7,12H,4-5,8-10,17H2,1H3,(H,18,22). The summed E-state index contributed by atoms with van der Waals surface area (Å²) in [5.74, 6) is 8.37. The highest BCUT2D eigenvalue weighted by Crippen LogP contribution is 2.39. The Hall–Kier alpha value is -1.67. The predicted molar refractivity (Wildman–Crippen MR) is 97.8 cm³/mol. The number of hydrogen-bond acceptors (Lipinski definition) is 6. The molecule has 1 aliphatic carbocycles. The molecule has 1 fully saturated rings. The fourth-order valence-electron chi connectivity index (χ4n) is 2.18. The molecule has 1 aliphatic rings. The first-order chi connectivity index (χ1) is 11.6. The summed E-state index contributed by atoms with van der Waals surface area (Å²) < 4.78 is 1.52. The van der Waals surface area contributed by atoms with Gasteiger partial charge in [0.15, 0.2) is 5.82 Å². The molecule has 0 bridgehead atoms. The van der Waals surface area contributed by atoms with Gasteiger partial charge in [0.05, 0.1) is 5.75 Å². The Morgan fingerprint density at radius 2 is 2.04 bits per heavy atom. The Balaban J connectivity index is 1.34. The van der Waals surface area contributed by atoms with Crippen LogP contribution in [0.3, 0.4) is 0 Å². The van der Waals surface area contributed by atoms with Gasteiger partial charge in [-0.2, -0.15) is 0 Å². The third-order valence-corrected chi connectivity index (χ3v) is 5.64. The molecule has 0 aliphatic heterocycles. The molecule has 0 spiro atoms. The van der Waals surface area contributed by atoms with Crippen molar-refractivity contribution in [3.05, 3.63) is 35.7 Å². The molecule has 1 aromatic carbocycles. The first kappa shape index (κ1) is 17.2. The highest BCUT2D eigenvalue weighted by Gasteiger charge is 2.29. The molecule has 0 saturated heterocycles. The van der Waals surface area contributed by atoms with E-state index in [2.05, 4.69) is 46.7 Å². The van der Waals surface area contributed by atoms with E-state index in [4.69, 9.17) is 5.84 Å². The molecule has 1 aromatic heterocycles. The van der Waals surface area contributed by atoms with Gasteiger partial charge in [-0.25, -0.2) is 4.68 Å². The van der Waals surface area contributed by atoms with Crippen LogP contribution < -0.4 is 11.2 Å². The average molecular weight is 364 g/mol. The minimum absolute atomic E-state index is 0.0134. The topological polar surface area (TPSA) is 85.8 Å². The van der Waals surface area contributed by atoms with Crippen LogP contribution in [0.25, 0.3) is 0 Å². The fraction of sp³-hybridized carbons (Fsp3) is 0.438. The maximum absolute atomic E-state index is 11.9. The number of nitrogens with one attached hydrogen (secondary N) is 1. The van der Waals surface area contributed by atoms with Crippen LogP contribution in [-0.2, 0) is 4.79 Å². The number of hydrogen-bond donors (Lipinski definition) is 2. The highest BCUT2D eigenvalue weighted by molar-refractivity contribution is 7.99. The second kappa shape index (κ2) is 7.94. The van der Waals surface area contributed by atoms with Gasteiger partial charge in [-0.1, -0.05) is 29.5 Å². The Labute approximate surface area is 149 Å². The molecule has 0 radical (unpaired) electrons. The summed E-state index contributed by atoms with van der Waals surface area (Å²) in [6.07, 6.45) is 2.25. The monoisotopic (exact) mass is 363 g/mol. The molecule has 1 heterocycles. The lowest BCUT2D eigenvalue weighted by molar-refractivity contribution is -0.118. The third-order valence-electron chi connectivity index (χ3n) is 3.68. The van der Waals surface area contributed by atoms with Crippen molar-refractivity contribution in [1.29, 1.82) is 0 Å². The van der Waals surface area contributed by atoms with Crippen LogP contribution in [0.1, 0.15) is 30.1 Å². The van der Waals surface area contributed by atoms with Gasteiger partial charge in [0.25, 0.3) is 0 Å². The maximum Gasteiger partial charge on any atom is 0.230 e. The quantitative estimate of drug-likeness (QED) is 0.425. The molecular weight excluding hydrogens is 342 g/mol. The number of carbonyl (C=O) groups is 1. The Morgan fingerprint density at radius 3 is 2.75 bits per heavy atom. The van der Waals surface area contributed by atoms with Gasteiger partial charge in [0, 0.05) is 23.1 Å².